The quantitative estimate of drug-likeness (QED) is 0.465. The summed E-state index contributed by atoms with van der Waals surface area (Å²) in [5.41, 5.74) is 0.466. The van der Waals surface area contributed by atoms with Crippen molar-refractivity contribution in [3.8, 4) is 0 Å². The minimum absolute atomic E-state index is 0.103. The Morgan fingerprint density at radius 2 is 1.92 bits per heavy atom. The highest BCUT2D eigenvalue weighted by molar-refractivity contribution is 5.28. The molecule has 0 amide bonds. The van der Waals surface area contributed by atoms with Gasteiger partial charge in [-0.25, -0.2) is 4.39 Å². The van der Waals surface area contributed by atoms with E-state index in [0.29, 0.717) is 11.3 Å². The predicted molar refractivity (Wildman–Crippen MR) is 49.3 cm³/mol. The van der Waals surface area contributed by atoms with Crippen molar-refractivity contribution in [3.05, 3.63) is 36.4 Å². The van der Waals surface area contributed by atoms with Gasteiger partial charge >= 0.3 is 0 Å². The van der Waals surface area contributed by atoms with E-state index < -0.39 is 0 Å². The van der Waals surface area contributed by atoms with Crippen LogP contribution in [0.1, 0.15) is 13.8 Å². The first kappa shape index (κ1) is 11.0. The van der Waals surface area contributed by atoms with E-state index in [9.17, 15) is 4.39 Å². The van der Waals surface area contributed by atoms with Crippen molar-refractivity contribution in [1.29, 1.82) is 0 Å². The molecule has 68 valence electrons. The molecule has 0 spiro atoms. The van der Waals surface area contributed by atoms with E-state index in [0.717, 1.165) is 0 Å². The van der Waals surface area contributed by atoms with Crippen LogP contribution in [-0.4, -0.2) is 7.11 Å². The van der Waals surface area contributed by atoms with Gasteiger partial charge in [-0.2, -0.15) is 0 Å². The van der Waals surface area contributed by atoms with Crippen LogP contribution in [0.2, 0.25) is 0 Å². The van der Waals surface area contributed by atoms with Crippen molar-refractivity contribution in [2.45, 2.75) is 13.8 Å². The summed E-state index contributed by atoms with van der Waals surface area (Å²) >= 11 is 0. The molecule has 0 rings (SSSR count). The first-order chi connectivity index (χ1) is 5.49. The Morgan fingerprint density at radius 1 is 1.42 bits per heavy atom. The standard InChI is InChI=1S/C10H15FO/c1-7(2)9(4)10(11)6-8(3)12-5/h6-7H,3-4H2,1-2,5H3/b10-6+. The van der Waals surface area contributed by atoms with Crippen LogP contribution in [-0.2, 0) is 4.74 Å². The third-order valence-electron chi connectivity index (χ3n) is 1.55. The summed E-state index contributed by atoms with van der Waals surface area (Å²) in [5.74, 6) is 0.0389. The molecule has 0 aliphatic carbocycles. The number of halogens is 1. The Balaban J connectivity index is 4.38. The molecule has 12 heavy (non-hydrogen) atoms. The normalized spacial score (nSPS) is 11.6. The summed E-state index contributed by atoms with van der Waals surface area (Å²) in [6.45, 7) is 10.8. The fraction of sp³-hybridized carbons (Fsp3) is 0.400. The average molecular weight is 170 g/mol. The number of rotatable bonds is 4. The summed E-state index contributed by atoms with van der Waals surface area (Å²) in [6.07, 6.45) is 1.24. The highest BCUT2D eigenvalue weighted by Gasteiger charge is 2.06. The molecule has 0 bridgehead atoms. The van der Waals surface area contributed by atoms with Crippen molar-refractivity contribution in [2.75, 3.05) is 7.11 Å². The van der Waals surface area contributed by atoms with Crippen LogP contribution >= 0.6 is 0 Å². The average Bonchev–Trinajstić information content (AvgIpc) is 2.02. The molecule has 0 radical (unpaired) electrons. The van der Waals surface area contributed by atoms with Crippen LogP contribution in [0.25, 0.3) is 0 Å². The molecule has 0 saturated heterocycles. The minimum atomic E-state index is -0.364. The van der Waals surface area contributed by atoms with Gasteiger partial charge in [-0.3, -0.25) is 0 Å². The highest BCUT2D eigenvalue weighted by atomic mass is 19.1. The van der Waals surface area contributed by atoms with Gasteiger partial charge in [0.1, 0.15) is 11.6 Å². The molecule has 0 unspecified atom stereocenters. The van der Waals surface area contributed by atoms with Gasteiger partial charge in [0.15, 0.2) is 0 Å². The molecule has 0 aliphatic rings. The number of hydrogen-bond donors (Lipinski definition) is 0. The van der Waals surface area contributed by atoms with E-state index in [1.54, 1.807) is 0 Å². The fourth-order valence-electron chi connectivity index (χ4n) is 0.569. The van der Waals surface area contributed by atoms with Gasteiger partial charge in [0, 0.05) is 6.08 Å². The monoisotopic (exact) mass is 170 g/mol. The van der Waals surface area contributed by atoms with E-state index in [1.165, 1.54) is 13.2 Å². The Hall–Kier alpha value is -1.05. The first-order valence-corrected chi connectivity index (χ1v) is 3.78. The maximum Gasteiger partial charge on any atom is 0.129 e. The molecule has 0 saturated carbocycles. The zero-order chi connectivity index (χ0) is 9.72. The van der Waals surface area contributed by atoms with Gasteiger partial charge in [-0.1, -0.05) is 27.0 Å². The highest BCUT2D eigenvalue weighted by Crippen LogP contribution is 2.19. The SMILES string of the molecule is C=C(/C=C(/F)C(=C)C(C)C)OC. The largest absolute Gasteiger partial charge is 0.497 e. The van der Waals surface area contributed by atoms with E-state index in [1.807, 2.05) is 13.8 Å². The maximum absolute atomic E-state index is 13.1. The van der Waals surface area contributed by atoms with E-state index in [2.05, 4.69) is 13.2 Å². The molecule has 0 aliphatic heterocycles. The minimum Gasteiger partial charge on any atom is -0.497 e. The number of hydrogen-bond acceptors (Lipinski definition) is 1. The lowest BCUT2D eigenvalue weighted by atomic mass is 10.0. The molecule has 1 nitrogen and oxygen atoms in total. The van der Waals surface area contributed by atoms with Gasteiger partial charge in [-0.15, -0.1) is 0 Å². The van der Waals surface area contributed by atoms with Crippen LogP contribution in [0.15, 0.2) is 36.4 Å². The molecule has 0 heterocycles. The molecule has 2 heteroatoms. The first-order valence-electron chi connectivity index (χ1n) is 3.78. The van der Waals surface area contributed by atoms with Gasteiger partial charge < -0.3 is 4.74 Å². The molecular formula is C10H15FO. The van der Waals surface area contributed by atoms with Crippen LogP contribution < -0.4 is 0 Å². The van der Waals surface area contributed by atoms with Gasteiger partial charge in [0.2, 0.25) is 0 Å². The van der Waals surface area contributed by atoms with Crippen LogP contribution in [0.4, 0.5) is 4.39 Å². The molecule has 0 aromatic rings. The van der Waals surface area contributed by atoms with E-state index >= 15 is 0 Å². The number of ether oxygens (including phenoxy) is 1. The lowest BCUT2D eigenvalue weighted by molar-refractivity contribution is 0.307. The number of allylic oxidation sites excluding steroid dienone is 3. The Kier molecular flexibility index (Phi) is 4.34. The van der Waals surface area contributed by atoms with Gasteiger partial charge in [0.05, 0.1) is 7.11 Å². The molecule has 0 N–H and O–H groups in total. The van der Waals surface area contributed by atoms with Crippen molar-refractivity contribution >= 4 is 0 Å². The topological polar surface area (TPSA) is 9.23 Å². The third-order valence-corrected chi connectivity index (χ3v) is 1.55. The molecule has 0 aromatic carbocycles. The van der Waals surface area contributed by atoms with E-state index in [4.69, 9.17) is 4.74 Å². The summed E-state index contributed by atoms with van der Waals surface area (Å²) in [5, 5.41) is 0. The van der Waals surface area contributed by atoms with Crippen LogP contribution in [0, 0.1) is 5.92 Å². The summed E-state index contributed by atoms with van der Waals surface area (Å²) in [7, 11) is 1.45. The molecular weight excluding hydrogens is 155 g/mol. The molecule has 0 atom stereocenters. The smallest absolute Gasteiger partial charge is 0.129 e. The Labute approximate surface area is 73.2 Å². The van der Waals surface area contributed by atoms with Gasteiger partial charge in [-0.05, 0) is 11.5 Å². The second-order valence-corrected chi connectivity index (χ2v) is 2.84. The maximum atomic E-state index is 13.1. The Morgan fingerprint density at radius 3 is 2.25 bits per heavy atom. The second-order valence-electron chi connectivity index (χ2n) is 2.84. The Bertz CT molecular complexity index is 214. The van der Waals surface area contributed by atoms with Gasteiger partial charge in [0.25, 0.3) is 0 Å². The van der Waals surface area contributed by atoms with Crippen molar-refractivity contribution in [1.82, 2.24) is 0 Å². The van der Waals surface area contributed by atoms with Crippen molar-refractivity contribution in [3.63, 3.8) is 0 Å². The third kappa shape index (κ3) is 3.37. The zero-order valence-corrected chi connectivity index (χ0v) is 7.86. The second kappa shape index (κ2) is 4.75. The zero-order valence-electron chi connectivity index (χ0n) is 7.86. The predicted octanol–water partition coefficient (Wildman–Crippen LogP) is 3.21. The summed E-state index contributed by atoms with van der Waals surface area (Å²) in [4.78, 5) is 0. The number of methoxy groups -OCH3 is 1. The lowest BCUT2D eigenvalue weighted by Gasteiger charge is -2.06. The van der Waals surface area contributed by atoms with Crippen molar-refractivity contribution < 1.29 is 9.13 Å². The van der Waals surface area contributed by atoms with Crippen LogP contribution in [0.3, 0.4) is 0 Å². The lowest BCUT2D eigenvalue weighted by Crippen LogP contribution is -1.93. The fourth-order valence-corrected chi connectivity index (χ4v) is 0.569. The summed E-state index contributed by atoms with van der Waals surface area (Å²) < 4.78 is 17.8. The van der Waals surface area contributed by atoms with Crippen LogP contribution in [0.5, 0.6) is 0 Å². The molecule has 0 aromatic heterocycles. The molecule has 0 fully saturated rings. The van der Waals surface area contributed by atoms with Crippen molar-refractivity contribution in [2.24, 2.45) is 5.92 Å². The van der Waals surface area contributed by atoms with E-state index in [-0.39, 0.29) is 11.7 Å². The summed E-state index contributed by atoms with van der Waals surface area (Å²) in [6, 6.07) is 0.